The van der Waals surface area contributed by atoms with Gasteiger partial charge in [0.25, 0.3) is 0 Å². The van der Waals surface area contributed by atoms with Crippen LogP contribution in [0.25, 0.3) is 0 Å². The molecule has 0 saturated carbocycles. The molecule has 1 saturated heterocycles. The summed E-state index contributed by atoms with van der Waals surface area (Å²) in [7, 11) is 0. The van der Waals surface area contributed by atoms with Gasteiger partial charge in [-0.3, -0.25) is 14.6 Å². The summed E-state index contributed by atoms with van der Waals surface area (Å²) >= 11 is 0. The summed E-state index contributed by atoms with van der Waals surface area (Å²) in [4.78, 5) is 31.2. The first-order chi connectivity index (χ1) is 9.89. The van der Waals surface area contributed by atoms with Gasteiger partial charge in [0.1, 0.15) is 11.6 Å². The van der Waals surface area contributed by atoms with E-state index in [0.29, 0.717) is 13.0 Å². The van der Waals surface area contributed by atoms with Crippen molar-refractivity contribution in [2.75, 3.05) is 0 Å². The van der Waals surface area contributed by atoms with Crippen LogP contribution in [-0.2, 0) is 16.1 Å². The number of hydrogen-bond donors (Lipinski definition) is 1. The van der Waals surface area contributed by atoms with Gasteiger partial charge in [0.2, 0.25) is 11.8 Å². The van der Waals surface area contributed by atoms with Gasteiger partial charge < -0.3 is 10.2 Å². The summed E-state index contributed by atoms with van der Waals surface area (Å²) in [5, 5.41) is 2.89. The molecule has 0 radical (unpaired) electrons. The molecule has 2 atom stereocenters. The highest BCUT2D eigenvalue weighted by Gasteiger charge is 2.47. The molecule has 1 aromatic heterocycles. The molecular weight excluding hydrogens is 266 g/mol. The standard InChI is InChI=1S/C16H23N3O2/c1-5-16(4)15(21)19(10-12-8-6-7-9-17-12)13(11(2)3)14(20)18-16/h6-9,11,13H,5,10H2,1-4H3,(H,18,20). The second-order valence-electron chi connectivity index (χ2n) is 6.12. The maximum absolute atomic E-state index is 12.8. The minimum Gasteiger partial charge on any atom is -0.340 e. The van der Waals surface area contributed by atoms with Crippen LogP contribution in [0.4, 0.5) is 0 Å². The number of nitrogens with zero attached hydrogens (tertiary/aromatic N) is 2. The maximum atomic E-state index is 12.8. The Kier molecular flexibility index (Phi) is 4.30. The van der Waals surface area contributed by atoms with E-state index in [0.717, 1.165) is 5.69 Å². The van der Waals surface area contributed by atoms with Crippen molar-refractivity contribution in [1.29, 1.82) is 0 Å². The zero-order valence-corrected chi connectivity index (χ0v) is 13.1. The number of piperazine rings is 1. The average Bonchev–Trinajstić information content (AvgIpc) is 2.45. The molecule has 1 fully saturated rings. The van der Waals surface area contributed by atoms with Crippen LogP contribution in [0, 0.1) is 5.92 Å². The van der Waals surface area contributed by atoms with Gasteiger partial charge in [0.15, 0.2) is 0 Å². The Morgan fingerprint density at radius 3 is 2.62 bits per heavy atom. The quantitative estimate of drug-likeness (QED) is 0.918. The lowest BCUT2D eigenvalue weighted by atomic mass is 9.88. The molecule has 5 nitrogen and oxygen atoms in total. The summed E-state index contributed by atoms with van der Waals surface area (Å²) < 4.78 is 0. The van der Waals surface area contributed by atoms with E-state index in [1.807, 2.05) is 39.0 Å². The average molecular weight is 289 g/mol. The third-order valence-corrected chi connectivity index (χ3v) is 4.13. The highest BCUT2D eigenvalue weighted by atomic mass is 16.2. The van der Waals surface area contributed by atoms with Crippen molar-refractivity contribution in [2.45, 2.75) is 52.2 Å². The van der Waals surface area contributed by atoms with E-state index in [1.165, 1.54) is 0 Å². The molecule has 2 unspecified atom stereocenters. The van der Waals surface area contributed by atoms with E-state index in [4.69, 9.17) is 0 Å². The van der Waals surface area contributed by atoms with Crippen LogP contribution in [0.15, 0.2) is 24.4 Å². The van der Waals surface area contributed by atoms with Crippen molar-refractivity contribution < 1.29 is 9.59 Å². The third-order valence-electron chi connectivity index (χ3n) is 4.13. The first kappa shape index (κ1) is 15.5. The minimum atomic E-state index is -0.822. The first-order valence-corrected chi connectivity index (χ1v) is 7.42. The predicted octanol–water partition coefficient (Wildman–Crippen LogP) is 1.73. The van der Waals surface area contributed by atoms with Crippen LogP contribution in [0.1, 0.15) is 39.8 Å². The van der Waals surface area contributed by atoms with Gasteiger partial charge in [-0.1, -0.05) is 26.8 Å². The van der Waals surface area contributed by atoms with Gasteiger partial charge in [-0.2, -0.15) is 0 Å². The van der Waals surface area contributed by atoms with E-state index in [1.54, 1.807) is 18.0 Å². The molecule has 0 aromatic carbocycles. The lowest BCUT2D eigenvalue weighted by molar-refractivity contribution is -0.157. The largest absolute Gasteiger partial charge is 0.340 e. The monoisotopic (exact) mass is 289 g/mol. The summed E-state index contributed by atoms with van der Waals surface area (Å²) in [5.74, 6) is -0.0575. The molecule has 0 aliphatic carbocycles. The predicted molar refractivity (Wildman–Crippen MR) is 80.3 cm³/mol. The second kappa shape index (κ2) is 5.84. The summed E-state index contributed by atoms with van der Waals surface area (Å²) in [6, 6.07) is 5.16. The number of hydrogen-bond acceptors (Lipinski definition) is 3. The Bertz CT molecular complexity index is 530. The van der Waals surface area contributed by atoms with Crippen LogP contribution >= 0.6 is 0 Å². The van der Waals surface area contributed by atoms with Crippen molar-refractivity contribution in [1.82, 2.24) is 15.2 Å². The Morgan fingerprint density at radius 1 is 1.38 bits per heavy atom. The number of carbonyl (C=O) groups is 2. The van der Waals surface area contributed by atoms with Gasteiger partial charge in [0, 0.05) is 6.20 Å². The number of rotatable bonds is 4. The SMILES string of the molecule is CCC1(C)NC(=O)C(C(C)C)N(Cc2ccccn2)C1=O. The number of aromatic nitrogens is 1. The molecular formula is C16H23N3O2. The fourth-order valence-corrected chi connectivity index (χ4v) is 2.72. The summed E-state index contributed by atoms with van der Waals surface area (Å²) in [6.07, 6.45) is 2.27. The molecule has 1 N–H and O–H groups in total. The van der Waals surface area contributed by atoms with Crippen LogP contribution in [-0.4, -0.2) is 33.3 Å². The number of nitrogens with one attached hydrogen (secondary N) is 1. The van der Waals surface area contributed by atoms with Crippen molar-refractivity contribution in [3.8, 4) is 0 Å². The van der Waals surface area contributed by atoms with E-state index < -0.39 is 11.6 Å². The van der Waals surface area contributed by atoms with E-state index in [9.17, 15) is 9.59 Å². The molecule has 1 aromatic rings. The van der Waals surface area contributed by atoms with Crippen LogP contribution in [0.5, 0.6) is 0 Å². The molecule has 5 heteroatoms. The van der Waals surface area contributed by atoms with E-state index in [2.05, 4.69) is 10.3 Å². The molecule has 2 rings (SSSR count). The fourth-order valence-electron chi connectivity index (χ4n) is 2.72. The molecule has 1 aliphatic rings. The second-order valence-corrected chi connectivity index (χ2v) is 6.12. The smallest absolute Gasteiger partial charge is 0.249 e. The topological polar surface area (TPSA) is 62.3 Å². The Balaban J connectivity index is 2.35. The Morgan fingerprint density at radius 2 is 2.10 bits per heavy atom. The van der Waals surface area contributed by atoms with Crippen LogP contribution in [0.2, 0.25) is 0 Å². The van der Waals surface area contributed by atoms with Crippen molar-refractivity contribution in [3.05, 3.63) is 30.1 Å². The lowest BCUT2D eigenvalue weighted by Gasteiger charge is -2.45. The zero-order chi connectivity index (χ0) is 15.6. The Hall–Kier alpha value is -1.91. The zero-order valence-electron chi connectivity index (χ0n) is 13.1. The molecule has 2 heterocycles. The van der Waals surface area contributed by atoms with Gasteiger partial charge in [-0.25, -0.2) is 0 Å². The minimum absolute atomic E-state index is 0.0334. The third kappa shape index (κ3) is 2.91. The summed E-state index contributed by atoms with van der Waals surface area (Å²) in [6.45, 7) is 7.97. The highest BCUT2D eigenvalue weighted by molar-refractivity contribution is 5.99. The molecule has 2 amide bonds. The summed E-state index contributed by atoms with van der Waals surface area (Å²) in [5.41, 5.74) is -0.0262. The normalized spacial score (nSPS) is 26.1. The van der Waals surface area contributed by atoms with Gasteiger partial charge in [-0.05, 0) is 31.4 Å². The van der Waals surface area contributed by atoms with Crippen LogP contribution < -0.4 is 5.32 Å². The molecule has 114 valence electrons. The van der Waals surface area contributed by atoms with Crippen molar-refractivity contribution in [2.24, 2.45) is 5.92 Å². The maximum Gasteiger partial charge on any atom is 0.249 e. The van der Waals surface area contributed by atoms with Crippen molar-refractivity contribution >= 4 is 11.8 Å². The molecule has 1 aliphatic heterocycles. The first-order valence-electron chi connectivity index (χ1n) is 7.42. The number of amides is 2. The van der Waals surface area contributed by atoms with Gasteiger partial charge in [0.05, 0.1) is 12.2 Å². The van der Waals surface area contributed by atoms with Gasteiger partial charge in [-0.15, -0.1) is 0 Å². The lowest BCUT2D eigenvalue weighted by Crippen LogP contribution is -2.69. The van der Waals surface area contributed by atoms with Gasteiger partial charge >= 0.3 is 0 Å². The van der Waals surface area contributed by atoms with E-state index >= 15 is 0 Å². The molecule has 21 heavy (non-hydrogen) atoms. The highest BCUT2D eigenvalue weighted by Crippen LogP contribution is 2.26. The number of carbonyl (C=O) groups excluding carboxylic acids is 2. The molecule has 0 spiro atoms. The Labute approximate surface area is 125 Å². The van der Waals surface area contributed by atoms with Crippen LogP contribution in [0.3, 0.4) is 0 Å². The van der Waals surface area contributed by atoms with E-state index in [-0.39, 0.29) is 17.7 Å². The molecule has 0 bridgehead atoms. The van der Waals surface area contributed by atoms with Crippen molar-refractivity contribution in [3.63, 3.8) is 0 Å². The number of pyridine rings is 1. The fraction of sp³-hybridized carbons (Fsp3) is 0.562.